The summed E-state index contributed by atoms with van der Waals surface area (Å²) in [6.45, 7) is 9.65. The lowest BCUT2D eigenvalue weighted by atomic mass is 9.97. The number of nitrogens with two attached hydrogens (primary N) is 1. The van der Waals surface area contributed by atoms with Crippen LogP contribution in [-0.2, 0) is 6.42 Å². The number of amides is 1. The Kier molecular flexibility index (Phi) is 6.70. The quantitative estimate of drug-likeness (QED) is 0.370. The normalized spacial score (nSPS) is 15.0. The molecule has 0 unspecified atom stereocenters. The lowest BCUT2D eigenvalue weighted by Crippen LogP contribution is -2.38. The van der Waals surface area contributed by atoms with Crippen LogP contribution in [0.25, 0.3) is 16.5 Å². The van der Waals surface area contributed by atoms with Crippen molar-refractivity contribution in [2.45, 2.75) is 33.1 Å². The van der Waals surface area contributed by atoms with Crippen molar-refractivity contribution < 1.29 is 4.79 Å². The van der Waals surface area contributed by atoms with Gasteiger partial charge in [-0.15, -0.1) is 17.9 Å². The Morgan fingerprint density at radius 2 is 2.07 bits per heavy atom. The first kappa shape index (κ1) is 21.1. The van der Waals surface area contributed by atoms with Gasteiger partial charge in [0.1, 0.15) is 0 Å². The van der Waals surface area contributed by atoms with Crippen LogP contribution >= 0.6 is 11.3 Å². The van der Waals surface area contributed by atoms with Crippen molar-refractivity contribution in [3.05, 3.63) is 58.5 Å². The molecule has 0 atom stereocenters. The minimum atomic E-state index is 0.0257. The molecule has 2 heterocycles. The van der Waals surface area contributed by atoms with Crippen LogP contribution in [-0.4, -0.2) is 30.1 Å². The van der Waals surface area contributed by atoms with Crippen LogP contribution in [0.3, 0.4) is 0 Å². The van der Waals surface area contributed by atoms with Gasteiger partial charge < -0.3 is 16.0 Å². The fraction of sp³-hybridized carbons (Fsp3) is 0.333. The highest BCUT2D eigenvalue weighted by Crippen LogP contribution is 2.38. The van der Waals surface area contributed by atoms with Gasteiger partial charge in [0.2, 0.25) is 0 Å². The lowest BCUT2D eigenvalue weighted by molar-refractivity contribution is 0.0697. The molecule has 29 heavy (non-hydrogen) atoms. The van der Waals surface area contributed by atoms with Crippen molar-refractivity contribution in [1.82, 2.24) is 4.90 Å². The second kappa shape index (κ2) is 9.23. The molecule has 3 rings (SSSR count). The first-order valence-electron chi connectivity index (χ1n) is 10.1. The summed E-state index contributed by atoms with van der Waals surface area (Å²) < 4.78 is 0. The van der Waals surface area contributed by atoms with Crippen molar-refractivity contribution >= 4 is 35.2 Å². The molecule has 1 aromatic carbocycles. The van der Waals surface area contributed by atoms with E-state index in [-0.39, 0.29) is 5.91 Å². The fourth-order valence-electron chi connectivity index (χ4n) is 3.70. The maximum Gasteiger partial charge on any atom is 0.253 e. The number of nitrogens with zero attached hydrogens (tertiary/aromatic N) is 1. The van der Waals surface area contributed by atoms with E-state index in [2.05, 4.69) is 25.6 Å². The number of thiophene rings is 1. The number of likely N-dealkylation sites (tertiary alicyclic amines) is 1. The maximum absolute atomic E-state index is 13.1. The van der Waals surface area contributed by atoms with Gasteiger partial charge in [0.25, 0.3) is 5.91 Å². The predicted octanol–water partition coefficient (Wildman–Crippen LogP) is 5.63. The molecule has 0 radical (unpaired) electrons. The molecule has 1 aromatic heterocycles. The molecule has 1 fully saturated rings. The molecule has 1 amide bonds. The summed E-state index contributed by atoms with van der Waals surface area (Å²) in [7, 11) is 0. The number of nitrogen functional groups attached to an aromatic ring is 1. The number of carbonyl (C=O) groups excluding carboxylic acids is 1. The van der Waals surface area contributed by atoms with Crippen LogP contribution < -0.4 is 5.73 Å². The van der Waals surface area contributed by atoms with E-state index in [0.29, 0.717) is 22.7 Å². The molecule has 1 aliphatic heterocycles. The largest absolute Gasteiger partial charge is 0.398 e. The molecule has 3 N–H and O–H groups in total. The Labute approximate surface area is 177 Å². The van der Waals surface area contributed by atoms with E-state index in [0.717, 1.165) is 42.8 Å². The van der Waals surface area contributed by atoms with E-state index in [9.17, 15) is 4.79 Å². The van der Waals surface area contributed by atoms with Gasteiger partial charge in [-0.1, -0.05) is 19.1 Å². The van der Waals surface area contributed by atoms with Crippen molar-refractivity contribution in [3.63, 3.8) is 0 Å². The summed E-state index contributed by atoms with van der Waals surface area (Å²) in [6.07, 6.45) is 10.1. The average molecular weight is 408 g/mol. The van der Waals surface area contributed by atoms with Gasteiger partial charge in [-0.25, -0.2) is 0 Å². The molecular formula is C24H29N3OS. The summed E-state index contributed by atoms with van der Waals surface area (Å²) in [5, 5.41) is 7.78. The van der Waals surface area contributed by atoms with Gasteiger partial charge in [0.05, 0.1) is 0 Å². The first-order valence-corrected chi connectivity index (χ1v) is 10.9. The standard InChI is InChI=1S/C24H29N3OS/c1-4-6-17-14-22(29-21(17)7-5-2)20-13-18(12-19(15-25)23(20)26)24(28)27-10-8-16(3)9-11-27/h4-5,7,12-16,25H,1,6,8-11,26H2,2-3H3/b7-5-,25-15?. The Hall–Kier alpha value is -2.66. The Bertz CT molecular complexity index is 949. The van der Waals surface area contributed by atoms with Crippen molar-refractivity contribution in [3.8, 4) is 10.4 Å². The third kappa shape index (κ3) is 4.51. The number of nitrogens with one attached hydrogen (secondary N) is 1. The van der Waals surface area contributed by atoms with E-state index in [1.807, 2.05) is 30.0 Å². The highest BCUT2D eigenvalue weighted by atomic mass is 32.1. The SMILES string of the molecule is C=CCc1cc(-c2cc(C(=O)N3CCC(C)CC3)cc(C=N)c2N)sc1/C=C\C. The molecule has 0 aliphatic carbocycles. The van der Waals surface area contributed by atoms with Crippen LogP contribution in [0.2, 0.25) is 0 Å². The summed E-state index contributed by atoms with van der Waals surface area (Å²) >= 11 is 1.65. The number of hydrogen-bond donors (Lipinski definition) is 2. The number of piperidine rings is 1. The van der Waals surface area contributed by atoms with Crippen molar-refractivity contribution in [2.24, 2.45) is 5.92 Å². The zero-order chi connectivity index (χ0) is 21.0. The monoisotopic (exact) mass is 407 g/mol. The molecule has 4 nitrogen and oxygen atoms in total. The van der Waals surface area contributed by atoms with Crippen LogP contribution in [0.4, 0.5) is 5.69 Å². The third-order valence-electron chi connectivity index (χ3n) is 5.47. The second-order valence-electron chi connectivity index (χ2n) is 7.64. The molecule has 1 aliphatic rings. The molecule has 1 saturated heterocycles. The molecule has 152 valence electrons. The number of rotatable bonds is 6. The van der Waals surface area contributed by atoms with Crippen LogP contribution in [0.1, 0.15) is 53.1 Å². The van der Waals surface area contributed by atoms with Crippen LogP contribution in [0.15, 0.2) is 36.9 Å². The van der Waals surface area contributed by atoms with Gasteiger partial charge in [-0.3, -0.25) is 4.79 Å². The Morgan fingerprint density at radius 1 is 1.34 bits per heavy atom. The Morgan fingerprint density at radius 3 is 2.69 bits per heavy atom. The second-order valence-corrected chi connectivity index (χ2v) is 8.72. The molecular weight excluding hydrogens is 378 g/mol. The van der Waals surface area contributed by atoms with Gasteiger partial charge in [-0.05, 0) is 61.9 Å². The Balaban J connectivity index is 2.04. The zero-order valence-electron chi connectivity index (χ0n) is 17.2. The predicted molar refractivity (Wildman–Crippen MR) is 125 cm³/mol. The molecule has 2 aromatic rings. The van der Waals surface area contributed by atoms with Crippen molar-refractivity contribution in [2.75, 3.05) is 18.8 Å². The fourth-order valence-corrected chi connectivity index (χ4v) is 4.89. The average Bonchev–Trinajstić information content (AvgIpc) is 3.11. The highest BCUT2D eigenvalue weighted by molar-refractivity contribution is 7.16. The molecule has 0 spiro atoms. The molecule has 5 heteroatoms. The van der Waals surface area contributed by atoms with Gasteiger partial charge in [0, 0.05) is 51.4 Å². The van der Waals surface area contributed by atoms with Crippen LogP contribution in [0, 0.1) is 11.3 Å². The number of carbonyl (C=O) groups is 1. The van der Waals surface area contributed by atoms with Gasteiger partial charge in [0.15, 0.2) is 0 Å². The summed E-state index contributed by atoms with van der Waals surface area (Å²) in [5.74, 6) is 0.690. The topological polar surface area (TPSA) is 70.2 Å². The lowest BCUT2D eigenvalue weighted by Gasteiger charge is -2.30. The minimum Gasteiger partial charge on any atom is -0.398 e. The van der Waals surface area contributed by atoms with Gasteiger partial charge in [-0.2, -0.15) is 0 Å². The third-order valence-corrected chi connectivity index (χ3v) is 6.65. The van der Waals surface area contributed by atoms with Crippen molar-refractivity contribution in [1.29, 1.82) is 5.41 Å². The number of anilines is 1. The van der Waals surface area contributed by atoms with Crippen LogP contribution in [0.5, 0.6) is 0 Å². The van der Waals surface area contributed by atoms with E-state index in [1.54, 1.807) is 17.4 Å². The van der Waals surface area contributed by atoms with Gasteiger partial charge >= 0.3 is 0 Å². The highest BCUT2D eigenvalue weighted by Gasteiger charge is 2.23. The van der Waals surface area contributed by atoms with E-state index >= 15 is 0 Å². The smallest absolute Gasteiger partial charge is 0.253 e. The summed E-state index contributed by atoms with van der Waals surface area (Å²) in [6, 6.07) is 5.76. The molecule has 0 bridgehead atoms. The van der Waals surface area contributed by atoms with E-state index in [1.165, 1.54) is 16.7 Å². The molecule has 0 saturated carbocycles. The number of allylic oxidation sites excluding steroid dienone is 2. The van der Waals surface area contributed by atoms with E-state index < -0.39 is 0 Å². The summed E-state index contributed by atoms with van der Waals surface area (Å²) in [4.78, 5) is 17.2. The first-order chi connectivity index (χ1) is 14.0. The zero-order valence-corrected chi connectivity index (χ0v) is 18.0. The number of hydrogen-bond acceptors (Lipinski definition) is 4. The minimum absolute atomic E-state index is 0.0257. The number of benzene rings is 1. The van der Waals surface area contributed by atoms with E-state index in [4.69, 9.17) is 11.1 Å². The maximum atomic E-state index is 13.1. The summed E-state index contributed by atoms with van der Waals surface area (Å²) in [5.41, 5.74) is 10.1.